The Morgan fingerprint density at radius 1 is 1.06 bits per heavy atom. The maximum absolute atomic E-state index is 12.8. The SMILES string of the molecule is CCC(C)N(CC(=O)O)C(=O)C(CNC(=O)OCC1c2ccccc2-c2ccccc21)OC. The fourth-order valence-electron chi connectivity index (χ4n) is 4.10. The van der Waals surface area contributed by atoms with Gasteiger partial charge in [-0.15, -0.1) is 0 Å². The van der Waals surface area contributed by atoms with Gasteiger partial charge in [-0.05, 0) is 35.6 Å². The molecule has 0 aromatic heterocycles. The van der Waals surface area contributed by atoms with Crippen LogP contribution in [0.4, 0.5) is 4.79 Å². The first-order valence-corrected chi connectivity index (χ1v) is 11.0. The van der Waals surface area contributed by atoms with Crippen LogP contribution in [0.2, 0.25) is 0 Å². The van der Waals surface area contributed by atoms with E-state index in [0.717, 1.165) is 22.3 Å². The molecule has 8 heteroatoms. The van der Waals surface area contributed by atoms with E-state index in [9.17, 15) is 14.4 Å². The highest BCUT2D eigenvalue weighted by Crippen LogP contribution is 2.44. The fourth-order valence-corrected chi connectivity index (χ4v) is 4.10. The summed E-state index contributed by atoms with van der Waals surface area (Å²) in [7, 11) is 1.34. The van der Waals surface area contributed by atoms with E-state index >= 15 is 0 Å². The lowest BCUT2D eigenvalue weighted by Crippen LogP contribution is -2.50. The number of ether oxygens (including phenoxy) is 2. The Labute approximate surface area is 193 Å². The summed E-state index contributed by atoms with van der Waals surface area (Å²) >= 11 is 0. The molecular weight excluding hydrogens is 424 g/mol. The first-order chi connectivity index (χ1) is 15.9. The summed E-state index contributed by atoms with van der Waals surface area (Å²) in [4.78, 5) is 37.6. The normalized spacial score (nSPS) is 14.0. The number of methoxy groups -OCH3 is 1. The van der Waals surface area contributed by atoms with Crippen LogP contribution < -0.4 is 5.32 Å². The summed E-state index contributed by atoms with van der Waals surface area (Å²) in [6.45, 7) is 3.23. The van der Waals surface area contributed by atoms with Crippen LogP contribution in [0.15, 0.2) is 48.5 Å². The lowest BCUT2D eigenvalue weighted by atomic mass is 9.98. The smallest absolute Gasteiger partial charge is 0.407 e. The Morgan fingerprint density at radius 2 is 1.64 bits per heavy atom. The summed E-state index contributed by atoms with van der Waals surface area (Å²) in [6.07, 6.45) is -1.09. The van der Waals surface area contributed by atoms with Gasteiger partial charge in [0.1, 0.15) is 13.2 Å². The van der Waals surface area contributed by atoms with Crippen molar-refractivity contribution in [1.29, 1.82) is 0 Å². The van der Waals surface area contributed by atoms with Crippen molar-refractivity contribution in [2.45, 2.75) is 38.3 Å². The Morgan fingerprint density at radius 3 is 2.15 bits per heavy atom. The maximum Gasteiger partial charge on any atom is 0.407 e. The Balaban J connectivity index is 1.60. The molecule has 2 unspecified atom stereocenters. The summed E-state index contributed by atoms with van der Waals surface area (Å²) in [5.41, 5.74) is 4.48. The standard InChI is InChI=1S/C25H30N2O6/c1-4-16(2)27(14-23(28)29)24(30)22(32-3)13-26-25(31)33-15-21-19-11-7-5-9-17(19)18-10-6-8-12-20(18)21/h5-12,16,21-22H,4,13-15H2,1-3H3,(H,26,31)(H,28,29). The molecule has 8 nitrogen and oxygen atoms in total. The van der Waals surface area contributed by atoms with Crippen molar-refractivity contribution in [2.24, 2.45) is 0 Å². The Bertz CT molecular complexity index is 962. The molecule has 33 heavy (non-hydrogen) atoms. The molecule has 2 amide bonds. The van der Waals surface area contributed by atoms with Gasteiger partial charge in [-0.2, -0.15) is 0 Å². The minimum Gasteiger partial charge on any atom is -0.480 e. The zero-order valence-corrected chi connectivity index (χ0v) is 19.1. The second kappa shape index (κ2) is 11.0. The van der Waals surface area contributed by atoms with Crippen molar-refractivity contribution in [2.75, 3.05) is 26.8 Å². The Kier molecular flexibility index (Phi) is 8.06. The molecule has 0 fully saturated rings. The van der Waals surface area contributed by atoms with Crippen LogP contribution in [0, 0.1) is 0 Å². The number of nitrogens with zero attached hydrogens (tertiary/aromatic N) is 1. The van der Waals surface area contributed by atoms with Gasteiger partial charge < -0.3 is 24.8 Å². The summed E-state index contributed by atoms with van der Waals surface area (Å²) in [5.74, 6) is -1.67. The van der Waals surface area contributed by atoms with Gasteiger partial charge in [0.2, 0.25) is 0 Å². The highest BCUT2D eigenvalue weighted by molar-refractivity contribution is 5.85. The molecule has 0 heterocycles. The van der Waals surface area contributed by atoms with E-state index in [1.54, 1.807) is 6.92 Å². The van der Waals surface area contributed by atoms with Crippen molar-refractivity contribution >= 4 is 18.0 Å². The zero-order valence-electron chi connectivity index (χ0n) is 19.1. The number of nitrogens with one attached hydrogen (secondary N) is 1. The van der Waals surface area contributed by atoms with Crippen molar-refractivity contribution in [1.82, 2.24) is 10.2 Å². The van der Waals surface area contributed by atoms with Gasteiger partial charge in [0.15, 0.2) is 6.10 Å². The van der Waals surface area contributed by atoms with Crippen LogP contribution in [0.3, 0.4) is 0 Å². The quantitative estimate of drug-likeness (QED) is 0.571. The molecule has 0 saturated heterocycles. The van der Waals surface area contributed by atoms with Gasteiger partial charge in [-0.1, -0.05) is 55.5 Å². The molecule has 2 aromatic rings. The fraction of sp³-hybridized carbons (Fsp3) is 0.400. The minimum atomic E-state index is -1.11. The second-order valence-corrected chi connectivity index (χ2v) is 8.05. The van der Waals surface area contributed by atoms with Crippen LogP contribution in [0.25, 0.3) is 11.1 Å². The van der Waals surface area contributed by atoms with Gasteiger partial charge in [0.25, 0.3) is 5.91 Å². The minimum absolute atomic E-state index is 0.0699. The summed E-state index contributed by atoms with van der Waals surface area (Å²) in [6, 6.07) is 15.8. The van der Waals surface area contributed by atoms with Crippen molar-refractivity contribution < 1.29 is 29.0 Å². The van der Waals surface area contributed by atoms with Gasteiger partial charge in [-0.25, -0.2) is 4.79 Å². The molecule has 0 aliphatic heterocycles. The molecule has 1 aliphatic carbocycles. The number of hydrogen-bond donors (Lipinski definition) is 2. The molecule has 2 atom stereocenters. The summed E-state index contributed by atoms with van der Waals surface area (Å²) in [5, 5.41) is 11.7. The zero-order chi connectivity index (χ0) is 24.0. The van der Waals surface area contributed by atoms with Crippen molar-refractivity contribution in [3.63, 3.8) is 0 Å². The molecule has 0 radical (unpaired) electrons. The predicted molar refractivity (Wildman–Crippen MR) is 123 cm³/mol. The third kappa shape index (κ3) is 5.51. The number of aliphatic carboxylic acids is 1. The number of carbonyl (C=O) groups excluding carboxylic acids is 2. The van der Waals surface area contributed by atoms with E-state index in [0.29, 0.717) is 6.42 Å². The van der Waals surface area contributed by atoms with Crippen LogP contribution in [0.1, 0.15) is 37.3 Å². The average Bonchev–Trinajstić information content (AvgIpc) is 3.14. The van der Waals surface area contributed by atoms with Crippen LogP contribution >= 0.6 is 0 Å². The number of carboxylic acid groups (broad SMARTS) is 1. The molecule has 176 valence electrons. The lowest BCUT2D eigenvalue weighted by molar-refractivity contribution is -0.151. The molecule has 1 aliphatic rings. The molecule has 0 spiro atoms. The van der Waals surface area contributed by atoms with Crippen molar-refractivity contribution in [3.8, 4) is 11.1 Å². The second-order valence-electron chi connectivity index (χ2n) is 8.05. The van der Waals surface area contributed by atoms with Gasteiger partial charge >= 0.3 is 12.1 Å². The number of hydrogen-bond acceptors (Lipinski definition) is 5. The van der Waals surface area contributed by atoms with Gasteiger partial charge in [0, 0.05) is 19.1 Å². The first-order valence-electron chi connectivity index (χ1n) is 11.0. The van der Waals surface area contributed by atoms with Gasteiger partial charge in [-0.3, -0.25) is 9.59 Å². The number of carbonyl (C=O) groups is 3. The highest BCUT2D eigenvalue weighted by Gasteiger charge is 2.31. The largest absolute Gasteiger partial charge is 0.480 e. The molecule has 0 bridgehead atoms. The first kappa shape index (κ1) is 24.3. The Hall–Kier alpha value is -3.39. The number of carboxylic acids is 1. The lowest BCUT2D eigenvalue weighted by Gasteiger charge is -2.30. The van der Waals surface area contributed by atoms with Gasteiger partial charge in [0.05, 0.1) is 6.54 Å². The topological polar surface area (TPSA) is 105 Å². The van der Waals surface area contributed by atoms with Crippen molar-refractivity contribution in [3.05, 3.63) is 59.7 Å². The third-order valence-electron chi connectivity index (χ3n) is 6.05. The van der Waals surface area contributed by atoms with Crippen LogP contribution in [-0.2, 0) is 19.1 Å². The average molecular weight is 455 g/mol. The van der Waals surface area contributed by atoms with Crippen LogP contribution in [0.5, 0.6) is 0 Å². The number of rotatable bonds is 10. The number of alkyl carbamates (subject to hydrolysis) is 1. The summed E-state index contributed by atoms with van der Waals surface area (Å²) < 4.78 is 10.7. The molecule has 0 saturated carbocycles. The molecule has 2 N–H and O–H groups in total. The molecular formula is C25H30N2O6. The maximum atomic E-state index is 12.8. The highest BCUT2D eigenvalue weighted by atomic mass is 16.5. The third-order valence-corrected chi connectivity index (χ3v) is 6.05. The van der Waals surface area contributed by atoms with E-state index in [4.69, 9.17) is 14.6 Å². The monoisotopic (exact) mass is 454 g/mol. The molecule has 3 rings (SSSR count). The van der Waals surface area contributed by atoms with E-state index in [1.165, 1.54) is 12.0 Å². The predicted octanol–water partition coefficient (Wildman–Crippen LogP) is 3.25. The number of fused-ring (bicyclic) bond motifs is 3. The van der Waals surface area contributed by atoms with E-state index in [-0.39, 0.29) is 25.1 Å². The number of amides is 2. The molecule has 2 aromatic carbocycles. The van der Waals surface area contributed by atoms with E-state index in [1.807, 2.05) is 43.3 Å². The van der Waals surface area contributed by atoms with E-state index in [2.05, 4.69) is 17.4 Å². The number of benzene rings is 2. The van der Waals surface area contributed by atoms with E-state index < -0.39 is 30.6 Å². The van der Waals surface area contributed by atoms with Crippen LogP contribution in [-0.4, -0.2) is 66.9 Å².